The van der Waals surface area contributed by atoms with Crippen LogP contribution in [0.5, 0.6) is 11.6 Å². The predicted octanol–water partition coefficient (Wildman–Crippen LogP) is 3.25. The molecule has 4 atom stereocenters. The zero-order chi connectivity index (χ0) is 20.0. The largest absolute Gasteiger partial charge is 0.507 e. The first-order chi connectivity index (χ1) is 14.0. The lowest BCUT2D eigenvalue weighted by Gasteiger charge is -2.29. The van der Waals surface area contributed by atoms with Crippen LogP contribution in [0.1, 0.15) is 31.9 Å². The SMILES string of the molecule is Cc1ccn(-c2ccc(-c3ccc(OC4CC5CC(C)C(C4)N5)nn3)c(O)c2)n1. The number of phenols is 1. The molecule has 2 saturated heterocycles. The molecule has 4 unspecified atom stereocenters. The molecule has 2 bridgehead atoms. The number of benzene rings is 1. The van der Waals surface area contributed by atoms with Gasteiger partial charge < -0.3 is 15.2 Å². The number of phenolic OH excluding ortho intramolecular Hbond substituents is 1. The molecule has 3 aromatic rings. The fourth-order valence-electron chi connectivity index (χ4n) is 4.54. The van der Waals surface area contributed by atoms with E-state index >= 15 is 0 Å². The van der Waals surface area contributed by atoms with Crippen molar-refractivity contribution in [3.63, 3.8) is 0 Å². The number of ether oxygens (including phenoxy) is 1. The number of hydrogen-bond donors (Lipinski definition) is 2. The third-order valence-electron chi connectivity index (χ3n) is 6.03. The summed E-state index contributed by atoms with van der Waals surface area (Å²) in [6, 6.07) is 12.1. The molecule has 7 nitrogen and oxygen atoms in total. The average molecular weight is 391 g/mol. The first-order valence-electron chi connectivity index (χ1n) is 10.2. The van der Waals surface area contributed by atoms with Crippen molar-refractivity contribution >= 4 is 0 Å². The smallest absolute Gasteiger partial charge is 0.233 e. The molecule has 5 rings (SSSR count). The van der Waals surface area contributed by atoms with Gasteiger partial charge in [-0.15, -0.1) is 10.2 Å². The zero-order valence-corrected chi connectivity index (χ0v) is 16.6. The number of aromatic nitrogens is 4. The average Bonchev–Trinajstić information content (AvgIpc) is 3.25. The third kappa shape index (κ3) is 3.58. The Morgan fingerprint density at radius 2 is 2.00 bits per heavy atom. The first-order valence-corrected chi connectivity index (χ1v) is 10.2. The second-order valence-electron chi connectivity index (χ2n) is 8.25. The summed E-state index contributed by atoms with van der Waals surface area (Å²) in [7, 11) is 0. The zero-order valence-electron chi connectivity index (χ0n) is 16.6. The monoisotopic (exact) mass is 391 g/mol. The summed E-state index contributed by atoms with van der Waals surface area (Å²) in [5.41, 5.74) is 2.95. The van der Waals surface area contributed by atoms with Gasteiger partial charge in [-0.2, -0.15) is 5.10 Å². The molecule has 0 saturated carbocycles. The van der Waals surface area contributed by atoms with Gasteiger partial charge in [-0.3, -0.25) is 0 Å². The fraction of sp³-hybridized carbons (Fsp3) is 0.409. The van der Waals surface area contributed by atoms with Crippen molar-refractivity contribution in [3.8, 4) is 28.6 Å². The number of fused-ring (bicyclic) bond motifs is 2. The molecule has 2 N–H and O–H groups in total. The number of rotatable bonds is 4. The Morgan fingerprint density at radius 1 is 1.10 bits per heavy atom. The van der Waals surface area contributed by atoms with Crippen molar-refractivity contribution in [2.24, 2.45) is 5.92 Å². The lowest BCUT2D eigenvalue weighted by atomic mass is 9.99. The van der Waals surface area contributed by atoms with Crippen LogP contribution in [0, 0.1) is 12.8 Å². The summed E-state index contributed by atoms with van der Waals surface area (Å²) in [6.45, 7) is 4.24. The molecule has 7 heteroatoms. The summed E-state index contributed by atoms with van der Waals surface area (Å²) < 4.78 is 7.83. The van der Waals surface area contributed by atoms with Gasteiger partial charge in [0, 0.05) is 36.0 Å². The molecule has 0 aliphatic carbocycles. The summed E-state index contributed by atoms with van der Waals surface area (Å²) in [5, 5.41) is 27.0. The number of hydrogen-bond acceptors (Lipinski definition) is 6. The van der Waals surface area contributed by atoms with Crippen molar-refractivity contribution in [3.05, 3.63) is 48.3 Å². The molecule has 2 fully saturated rings. The van der Waals surface area contributed by atoms with Gasteiger partial charge >= 0.3 is 0 Å². The van der Waals surface area contributed by atoms with Crippen molar-refractivity contribution in [2.75, 3.05) is 0 Å². The van der Waals surface area contributed by atoms with Crippen LogP contribution < -0.4 is 10.1 Å². The number of nitrogens with one attached hydrogen (secondary N) is 1. The second-order valence-corrected chi connectivity index (χ2v) is 8.25. The Morgan fingerprint density at radius 3 is 2.69 bits per heavy atom. The van der Waals surface area contributed by atoms with Crippen molar-refractivity contribution in [2.45, 2.75) is 51.3 Å². The highest BCUT2D eigenvalue weighted by atomic mass is 16.5. The Kier molecular flexibility index (Phi) is 4.47. The van der Waals surface area contributed by atoms with E-state index in [1.54, 1.807) is 10.7 Å². The van der Waals surface area contributed by atoms with Crippen LogP contribution in [0.4, 0.5) is 0 Å². The van der Waals surface area contributed by atoms with E-state index in [1.807, 2.05) is 43.5 Å². The van der Waals surface area contributed by atoms with Crippen LogP contribution in [0.3, 0.4) is 0 Å². The molecule has 29 heavy (non-hydrogen) atoms. The number of aryl methyl sites for hydroxylation is 1. The minimum Gasteiger partial charge on any atom is -0.507 e. The standard InChI is InChI=1S/C22H25N5O2/c1-13-9-15-10-17(12-20(13)23-15)29-22-6-5-19(24-25-22)18-4-3-16(11-21(18)28)27-8-7-14(2)26-27/h3-8,11,13,15,17,20,23,28H,9-10,12H2,1-2H3. The molecule has 1 aromatic carbocycles. The minimum atomic E-state index is 0.141. The Balaban J connectivity index is 1.30. The Bertz CT molecular complexity index is 1010. The van der Waals surface area contributed by atoms with E-state index in [1.165, 1.54) is 6.42 Å². The van der Waals surface area contributed by atoms with Crippen LogP contribution in [0.25, 0.3) is 16.9 Å². The van der Waals surface area contributed by atoms with Gasteiger partial charge in [0.2, 0.25) is 5.88 Å². The van der Waals surface area contributed by atoms with Crippen molar-refractivity contribution in [1.29, 1.82) is 0 Å². The molecule has 4 heterocycles. The molecule has 0 radical (unpaired) electrons. The Labute approximate surface area is 169 Å². The van der Waals surface area contributed by atoms with Gasteiger partial charge in [0.1, 0.15) is 11.9 Å². The van der Waals surface area contributed by atoms with Crippen molar-refractivity contribution in [1.82, 2.24) is 25.3 Å². The van der Waals surface area contributed by atoms with Crippen LogP contribution >= 0.6 is 0 Å². The third-order valence-corrected chi connectivity index (χ3v) is 6.03. The molecule has 2 aliphatic heterocycles. The van der Waals surface area contributed by atoms with E-state index in [0.29, 0.717) is 35.1 Å². The van der Waals surface area contributed by atoms with Crippen LogP contribution in [0.15, 0.2) is 42.6 Å². The van der Waals surface area contributed by atoms with Crippen molar-refractivity contribution < 1.29 is 9.84 Å². The van der Waals surface area contributed by atoms with E-state index in [0.717, 1.165) is 24.2 Å². The quantitative estimate of drug-likeness (QED) is 0.710. The van der Waals surface area contributed by atoms with Gasteiger partial charge in [-0.1, -0.05) is 6.92 Å². The normalized spacial score (nSPS) is 25.9. The highest BCUT2D eigenvalue weighted by Gasteiger charge is 2.39. The van der Waals surface area contributed by atoms with Gasteiger partial charge in [0.15, 0.2) is 0 Å². The topological polar surface area (TPSA) is 85.1 Å². The number of aromatic hydroxyl groups is 1. The van der Waals surface area contributed by atoms with E-state index in [4.69, 9.17) is 4.74 Å². The number of nitrogens with zero attached hydrogens (tertiary/aromatic N) is 4. The predicted molar refractivity (Wildman–Crippen MR) is 109 cm³/mol. The Hall–Kier alpha value is -2.93. The van der Waals surface area contributed by atoms with Gasteiger partial charge in [0.05, 0.1) is 17.1 Å². The highest BCUT2D eigenvalue weighted by Crippen LogP contribution is 2.34. The fourth-order valence-corrected chi connectivity index (χ4v) is 4.54. The lowest BCUT2D eigenvalue weighted by molar-refractivity contribution is 0.127. The molecule has 2 aliphatic rings. The molecular formula is C22H25N5O2. The first kappa shape index (κ1) is 18.1. The van der Waals surface area contributed by atoms with E-state index in [2.05, 4.69) is 27.5 Å². The van der Waals surface area contributed by atoms with Gasteiger partial charge in [-0.25, -0.2) is 4.68 Å². The van der Waals surface area contributed by atoms with E-state index in [9.17, 15) is 5.11 Å². The second kappa shape index (κ2) is 7.15. The lowest BCUT2D eigenvalue weighted by Crippen LogP contribution is -2.43. The molecule has 0 amide bonds. The highest BCUT2D eigenvalue weighted by molar-refractivity contribution is 5.68. The van der Waals surface area contributed by atoms with E-state index in [-0.39, 0.29) is 11.9 Å². The maximum Gasteiger partial charge on any atom is 0.233 e. The van der Waals surface area contributed by atoms with Crippen LogP contribution in [-0.2, 0) is 0 Å². The number of piperidine rings is 1. The molecule has 0 spiro atoms. The molecule has 2 aromatic heterocycles. The van der Waals surface area contributed by atoms with Gasteiger partial charge in [0.25, 0.3) is 0 Å². The maximum absolute atomic E-state index is 10.5. The summed E-state index contributed by atoms with van der Waals surface area (Å²) in [5.74, 6) is 1.39. The molecule has 150 valence electrons. The maximum atomic E-state index is 10.5. The summed E-state index contributed by atoms with van der Waals surface area (Å²) >= 11 is 0. The summed E-state index contributed by atoms with van der Waals surface area (Å²) in [6.07, 6.45) is 5.29. The van der Waals surface area contributed by atoms with Crippen LogP contribution in [0.2, 0.25) is 0 Å². The van der Waals surface area contributed by atoms with Gasteiger partial charge in [-0.05, 0) is 56.4 Å². The summed E-state index contributed by atoms with van der Waals surface area (Å²) in [4.78, 5) is 0. The minimum absolute atomic E-state index is 0.141. The molecular weight excluding hydrogens is 366 g/mol. The van der Waals surface area contributed by atoms with Crippen LogP contribution in [-0.4, -0.2) is 43.3 Å². The van der Waals surface area contributed by atoms with E-state index < -0.39 is 0 Å².